The maximum atomic E-state index is 12.3. The van der Waals surface area contributed by atoms with Crippen LogP contribution >= 0.6 is 38.5 Å². The number of ether oxygens (including phenoxy) is 2. The minimum absolute atomic E-state index is 0.136. The van der Waals surface area contributed by atoms with E-state index in [1.807, 2.05) is 0 Å². The lowest BCUT2D eigenvalue weighted by Crippen LogP contribution is -2.20. The topological polar surface area (TPSA) is 48.4 Å². The highest BCUT2D eigenvalue weighted by Crippen LogP contribution is 2.29. The fourth-order valence-corrected chi connectivity index (χ4v) is 2.22. The number of hydrogen-bond donors (Lipinski definition) is 0. The number of esters is 1. The second-order valence-electron chi connectivity index (χ2n) is 3.56. The van der Waals surface area contributed by atoms with Crippen LogP contribution in [0.1, 0.15) is 18.2 Å². The van der Waals surface area contributed by atoms with E-state index in [2.05, 4.69) is 25.7 Å². The van der Waals surface area contributed by atoms with Crippen molar-refractivity contribution < 1.29 is 27.4 Å². The van der Waals surface area contributed by atoms with Crippen LogP contribution in [0.15, 0.2) is 6.07 Å². The van der Waals surface area contributed by atoms with Crippen molar-refractivity contribution in [1.82, 2.24) is 4.98 Å². The first-order chi connectivity index (χ1) is 9.26. The van der Waals surface area contributed by atoms with Crippen LogP contribution in [0.3, 0.4) is 0 Å². The highest BCUT2D eigenvalue weighted by Gasteiger charge is 2.33. The summed E-state index contributed by atoms with van der Waals surface area (Å²) >= 11 is 4.77. The molecule has 0 bridgehead atoms. The third kappa shape index (κ3) is 5.43. The van der Waals surface area contributed by atoms with Gasteiger partial charge in [0.15, 0.2) is 0 Å². The van der Waals surface area contributed by atoms with E-state index in [1.54, 1.807) is 29.5 Å². The van der Waals surface area contributed by atoms with Gasteiger partial charge in [0.1, 0.15) is 0 Å². The van der Waals surface area contributed by atoms with Gasteiger partial charge in [-0.25, -0.2) is 4.98 Å². The van der Waals surface area contributed by atoms with Crippen molar-refractivity contribution in [2.75, 3.05) is 6.61 Å². The quantitative estimate of drug-likeness (QED) is 0.377. The third-order valence-electron chi connectivity index (χ3n) is 2.05. The summed E-state index contributed by atoms with van der Waals surface area (Å²) in [6.45, 7) is 1.86. The van der Waals surface area contributed by atoms with E-state index < -0.39 is 18.2 Å². The molecule has 1 heterocycles. The van der Waals surface area contributed by atoms with Gasteiger partial charge < -0.3 is 9.47 Å². The van der Waals surface area contributed by atoms with E-state index >= 15 is 0 Å². The zero-order chi connectivity index (χ0) is 15.3. The fourth-order valence-electron chi connectivity index (χ4n) is 1.36. The monoisotopic (exact) mass is 467 g/mol. The molecule has 9 heteroatoms. The Morgan fingerprint density at radius 2 is 2.15 bits per heavy atom. The maximum Gasteiger partial charge on any atom is 0.574 e. The van der Waals surface area contributed by atoms with E-state index in [0.29, 0.717) is 11.3 Å². The minimum Gasteiger partial charge on any atom is -0.466 e. The van der Waals surface area contributed by atoms with Crippen molar-refractivity contribution in [2.24, 2.45) is 0 Å². The van der Waals surface area contributed by atoms with Crippen molar-refractivity contribution in [1.29, 1.82) is 0 Å². The number of halogens is 5. The van der Waals surface area contributed by atoms with E-state index in [-0.39, 0.29) is 21.9 Å². The first kappa shape index (κ1) is 17.5. The molecule has 0 aromatic carbocycles. The molecule has 0 amide bonds. The molecule has 0 saturated carbocycles. The second kappa shape index (κ2) is 7.43. The summed E-state index contributed by atoms with van der Waals surface area (Å²) < 4.78 is 45.7. The second-order valence-corrected chi connectivity index (χ2v) is 5.19. The molecule has 1 aromatic rings. The average Bonchev–Trinajstić information content (AvgIpc) is 2.32. The molecule has 0 spiro atoms. The van der Waals surface area contributed by atoms with Gasteiger partial charge in [-0.05, 0) is 41.1 Å². The van der Waals surface area contributed by atoms with E-state index in [4.69, 9.17) is 4.74 Å². The normalized spacial score (nSPS) is 11.3. The summed E-state index contributed by atoms with van der Waals surface area (Å²) in [6, 6.07) is 1.54. The summed E-state index contributed by atoms with van der Waals surface area (Å²) in [4.78, 5) is 15.2. The van der Waals surface area contributed by atoms with Gasteiger partial charge in [0.05, 0.1) is 22.3 Å². The molecule has 0 aliphatic carbocycles. The smallest absolute Gasteiger partial charge is 0.466 e. The molecule has 0 unspecified atom stereocenters. The van der Waals surface area contributed by atoms with Crippen molar-refractivity contribution in [3.63, 3.8) is 0 Å². The van der Waals surface area contributed by atoms with Crippen LogP contribution in [0.4, 0.5) is 13.2 Å². The van der Waals surface area contributed by atoms with Crippen LogP contribution in [0.2, 0.25) is 0 Å². The van der Waals surface area contributed by atoms with Crippen molar-refractivity contribution >= 4 is 44.5 Å². The fraction of sp³-hybridized carbons (Fsp3) is 0.455. The van der Waals surface area contributed by atoms with Gasteiger partial charge in [-0.3, -0.25) is 4.79 Å². The molecule has 0 N–H and O–H groups in total. The molecule has 112 valence electrons. The average molecular weight is 468 g/mol. The van der Waals surface area contributed by atoms with Crippen LogP contribution in [0, 0.1) is 3.57 Å². The lowest BCUT2D eigenvalue weighted by molar-refractivity contribution is -0.276. The summed E-state index contributed by atoms with van der Waals surface area (Å²) in [5.74, 6) is -1.08. The van der Waals surface area contributed by atoms with Gasteiger partial charge >= 0.3 is 12.3 Å². The Morgan fingerprint density at radius 3 is 2.65 bits per heavy atom. The molecule has 0 saturated heterocycles. The van der Waals surface area contributed by atoms with E-state index in [9.17, 15) is 18.0 Å². The number of nitrogens with zero attached hydrogens (tertiary/aromatic N) is 1. The van der Waals surface area contributed by atoms with Crippen LogP contribution in [-0.2, 0) is 21.3 Å². The van der Waals surface area contributed by atoms with Gasteiger partial charge in [-0.15, -0.1) is 13.2 Å². The first-order valence-corrected chi connectivity index (χ1v) is 7.62. The molecule has 1 rings (SSSR count). The molecule has 4 nitrogen and oxygen atoms in total. The number of carbonyl (C=O) groups excluding carboxylic acids is 1. The summed E-state index contributed by atoms with van der Waals surface area (Å²) in [5, 5.41) is 0.244. The van der Waals surface area contributed by atoms with E-state index in [0.717, 1.165) is 0 Å². The third-order valence-corrected chi connectivity index (χ3v) is 3.77. The molecule has 0 radical (unpaired) electrons. The van der Waals surface area contributed by atoms with Crippen LogP contribution in [0.25, 0.3) is 0 Å². The Hall–Kier alpha value is -0.580. The largest absolute Gasteiger partial charge is 0.574 e. The number of alkyl halides is 4. The van der Waals surface area contributed by atoms with Crippen molar-refractivity contribution in [3.05, 3.63) is 20.9 Å². The molecule has 20 heavy (non-hydrogen) atoms. The maximum absolute atomic E-state index is 12.3. The van der Waals surface area contributed by atoms with Gasteiger partial charge in [-0.1, -0.05) is 15.9 Å². The SMILES string of the molecule is CCOC(=O)Cc1cc(CBr)nc(OC(F)(F)F)c1I. The molecule has 0 aliphatic heterocycles. The highest BCUT2D eigenvalue weighted by atomic mass is 127. The zero-order valence-corrected chi connectivity index (χ0v) is 14.0. The lowest BCUT2D eigenvalue weighted by atomic mass is 10.1. The number of carbonyl (C=O) groups is 1. The van der Waals surface area contributed by atoms with Crippen LogP contribution in [0.5, 0.6) is 5.88 Å². The Kier molecular flexibility index (Phi) is 6.49. The Morgan fingerprint density at radius 1 is 1.50 bits per heavy atom. The summed E-state index contributed by atoms with van der Waals surface area (Å²) in [5.41, 5.74) is 0.719. The van der Waals surface area contributed by atoms with Gasteiger partial charge in [0.25, 0.3) is 0 Å². The standard InChI is InChI=1S/C11H10BrF3INO3/c1-2-19-8(18)4-6-3-7(5-12)17-10(9(6)16)20-11(13,14)15/h3H,2,4-5H2,1H3. The Bertz CT molecular complexity index is 497. The number of aromatic nitrogens is 1. The Labute approximate surface area is 135 Å². The summed E-state index contributed by atoms with van der Waals surface area (Å²) in [7, 11) is 0. The van der Waals surface area contributed by atoms with Crippen LogP contribution < -0.4 is 4.74 Å². The van der Waals surface area contributed by atoms with Crippen LogP contribution in [-0.4, -0.2) is 23.9 Å². The number of rotatable bonds is 5. The summed E-state index contributed by atoms with van der Waals surface area (Å²) in [6.07, 6.45) is -4.97. The van der Waals surface area contributed by atoms with E-state index in [1.165, 1.54) is 6.07 Å². The van der Waals surface area contributed by atoms with Gasteiger partial charge in [0, 0.05) is 5.33 Å². The van der Waals surface area contributed by atoms with Gasteiger partial charge in [-0.2, -0.15) is 0 Å². The van der Waals surface area contributed by atoms with Crippen molar-refractivity contribution in [3.8, 4) is 5.88 Å². The molecule has 0 fully saturated rings. The first-order valence-electron chi connectivity index (χ1n) is 5.42. The molecule has 1 aromatic heterocycles. The predicted molar refractivity (Wildman–Crippen MR) is 76.6 cm³/mol. The zero-order valence-electron chi connectivity index (χ0n) is 10.3. The minimum atomic E-state index is -4.83. The molecular formula is C11H10BrF3INO3. The van der Waals surface area contributed by atoms with Gasteiger partial charge in [0.2, 0.25) is 5.88 Å². The van der Waals surface area contributed by atoms with Crippen molar-refractivity contribution in [2.45, 2.75) is 25.0 Å². The number of pyridine rings is 1. The predicted octanol–water partition coefficient (Wildman–Crippen LogP) is 3.59. The number of hydrogen-bond acceptors (Lipinski definition) is 4. The molecular weight excluding hydrogens is 458 g/mol. The molecule has 0 aliphatic rings. The lowest BCUT2D eigenvalue weighted by Gasteiger charge is -2.13. The Balaban J connectivity index is 3.10. The highest BCUT2D eigenvalue weighted by molar-refractivity contribution is 14.1. The molecule has 0 atom stereocenters.